The molecule has 24 heavy (non-hydrogen) atoms. The number of fused-ring (bicyclic) bond motifs is 1. The van der Waals surface area contributed by atoms with Gasteiger partial charge in [-0.3, -0.25) is 0 Å². The second-order valence-electron chi connectivity index (χ2n) is 8.30. The molecule has 0 heterocycles. The molecule has 4 fully saturated rings. The van der Waals surface area contributed by atoms with E-state index in [1.807, 2.05) is 0 Å². The van der Waals surface area contributed by atoms with Crippen molar-refractivity contribution in [2.24, 2.45) is 23.7 Å². The Kier molecular flexibility index (Phi) is 3.55. The maximum atomic E-state index is 5.67. The van der Waals surface area contributed by atoms with E-state index in [-0.39, 0.29) is 0 Å². The Bertz CT molecular complexity index is 725. The number of benzene rings is 2. The van der Waals surface area contributed by atoms with Crippen LogP contribution in [0.25, 0.3) is 10.8 Å². The van der Waals surface area contributed by atoms with Gasteiger partial charge in [-0.25, -0.2) is 0 Å². The smallest absolute Gasteiger partial charge is 0.123 e. The van der Waals surface area contributed by atoms with E-state index in [1.165, 1.54) is 48.4 Å². The van der Waals surface area contributed by atoms with Crippen molar-refractivity contribution >= 4 is 10.8 Å². The van der Waals surface area contributed by atoms with Crippen molar-refractivity contribution in [2.45, 2.75) is 44.7 Å². The summed E-state index contributed by atoms with van der Waals surface area (Å²) in [5.41, 5.74) is 1.32. The molecule has 0 aliphatic heterocycles. The number of hydrogen-bond acceptors (Lipinski definition) is 2. The highest BCUT2D eigenvalue weighted by molar-refractivity contribution is 5.87. The summed E-state index contributed by atoms with van der Waals surface area (Å²) in [7, 11) is 1.79. The topological polar surface area (TPSA) is 21.3 Å². The van der Waals surface area contributed by atoms with Crippen LogP contribution >= 0.6 is 0 Å². The normalized spacial score (nSPS) is 34.0. The first-order chi connectivity index (χ1) is 11.8. The van der Waals surface area contributed by atoms with E-state index < -0.39 is 0 Å². The highest BCUT2D eigenvalue weighted by Gasteiger charge is 2.47. The molecule has 2 heteroatoms. The number of hydrogen-bond donors (Lipinski definition) is 1. The lowest BCUT2D eigenvalue weighted by atomic mass is 9.54. The first-order valence-electron chi connectivity index (χ1n) is 9.60. The Labute approximate surface area is 144 Å². The first-order valence-corrected chi connectivity index (χ1v) is 9.60. The van der Waals surface area contributed by atoms with Gasteiger partial charge in [0, 0.05) is 18.2 Å². The zero-order chi connectivity index (χ0) is 16.1. The second kappa shape index (κ2) is 5.77. The van der Waals surface area contributed by atoms with E-state index in [0.717, 1.165) is 42.0 Å². The van der Waals surface area contributed by atoms with Gasteiger partial charge in [0.15, 0.2) is 0 Å². The van der Waals surface area contributed by atoms with Crippen LogP contribution in [0.15, 0.2) is 36.4 Å². The molecule has 2 aromatic carbocycles. The van der Waals surface area contributed by atoms with Gasteiger partial charge in [0.05, 0.1) is 7.11 Å². The summed E-state index contributed by atoms with van der Waals surface area (Å²) in [6.45, 7) is 0.928. The fourth-order valence-electron chi connectivity index (χ4n) is 6.17. The highest BCUT2D eigenvalue weighted by Crippen LogP contribution is 2.53. The average molecular weight is 321 g/mol. The van der Waals surface area contributed by atoms with Crippen LogP contribution in [-0.2, 0) is 6.54 Å². The van der Waals surface area contributed by atoms with Crippen LogP contribution in [0.2, 0.25) is 0 Å². The molecule has 0 unspecified atom stereocenters. The van der Waals surface area contributed by atoms with E-state index in [1.54, 1.807) is 7.11 Å². The van der Waals surface area contributed by atoms with Crippen LogP contribution in [0.3, 0.4) is 0 Å². The summed E-state index contributed by atoms with van der Waals surface area (Å²) in [4.78, 5) is 0. The molecule has 4 saturated carbocycles. The van der Waals surface area contributed by atoms with Crippen molar-refractivity contribution in [3.8, 4) is 5.75 Å². The molecule has 4 bridgehead atoms. The van der Waals surface area contributed by atoms with E-state index >= 15 is 0 Å². The predicted molar refractivity (Wildman–Crippen MR) is 98.2 cm³/mol. The van der Waals surface area contributed by atoms with E-state index in [2.05, 4.69) is 41.7 Å². The molecule has 0 radical (unpaired) electrons. The molecule has 2 aromatic rings. The lowest BCUT2D eigenvalue weighted by Gasteiger charge is -2.54. The summed E-state index contributed by atoms with van der Waals surface area (Å²) in [5.74, 6) is 4.93. The average Bonchev–Trinajstić information content (AvgIpc) is 2.60. The lowest BCUT2D eigenvalue weighted by molar-refractivity contribution is -0.0142. The highest BCUT2D eigenvalue weighted by atomic mass is 16.5. The van der Waals surface area contributed by atoms with Crippen LogP contribution in [0, 0.1) is 23.7 Å². The minimum absolute atomic E-state index is 0.724. The third-order valence-corrected chi connectivity index (χ3v) is 6.96. The summed E-state index contributed by atoms with van der Waals surface area (Å²) in [6.07, 6.45) is 7.40. The molecule has 1 N–H and O–H groups in total. The summed E-state index contributed by atoms with van der Waals surface area (Å²) in [6, 6.07) is 13.7. The molecule has 0 aromatic heterocycles. The van der Waals surface area contributed by atoms with Gasteiger partial charge in [-0.05, 0) is 72.6 Å². The second-order valence-corrected chi connectivity index (χ2v) is 8.30. The molecule has 2 nitrogen and oxygen atoms in total. The monoisotopic (exact) mass is 321 g/mol. The fraction of sp³-hybridized carbons (Fsp3) is 0.545. The van der Waals surface area contributed by atoms with Crippen molar-refractivity contribution in [2.75, 3.05) is 7.11 Å². The largest absolute Gasteiger partial charge is 0.496 e. The minimum atomic E-state index is 0.724. The van der Waals surface area contributed by atoms with Crippen LogP contribution in [0.5, 0.6) is 5.75 Å². The van der Waals surface area contributed by atoms with Gasteiger partial charge in [-0.2, -0.15) is 0 Å². The lowest BCUT2D eigenvalue weighted by Crippen LogP contribution is -2.54. The quantitative estimate of drug-likeness (QED) is 0.876. The molecule has 6 rings (SSSR count). The molecule has 4 aliphatic carbocycles. The van der Waals surface area contributed by atoms with Gasteiger partial charge in [-0.1, -0.05) is 30.3 Å². The summed E-state index contributed by atoms with van der Waals surface area (Å²) >= 11 is 0. The van der Waals surface area contributed by atoms with Crippen molar-refractivity contribution in [3.63, 3.8) is 0 Å². The van der Waals surface area contributed by atoms with Crippen molar-refractivity contribution in [3.05, 3.63) is 42.0 Å². The molecule has 0 saturated heterocycles. The summed E-state index contributed by atoms with van der Waals surface area (Å²) < 4.78 is 5.67. The van der Waals surface area contributed by atoms with E-state index in [4.69, 9.17) is 4.74 Å². The Balaban J connectivity index is 1.41. The van der Waals surface area contributed by atoms with Crippen LogP contribution in [0.1, 0.15) is 37.7 Å². The maximum absolute atomic E-state index is 5.67. The van der Waals surface area contributed by atoms with Gasteiger partial charge < -0.3 is 10.1 Å². The van der Waals surface area contributed by atoms with Crippen LogP contribution in [0.4, 0.5) is 0 Å². The third-order valence-electron chi connectivity index (χ3n) is 6.96. The molecule has 126 valence electrons. The molecular weight excluding hydrogens is 294 g/mol. The summed E-state index contributed by atoms with van der Waals surface area (Å²) in [5, 5.41) is 6.60. The first kappa shape index (κ1) is 14.8. The third kappa shape index (κ3) is 2.35. The molecule has 0 spiro atoms. The number of nitrogens with one attached hydrogen (secondary N) is 1. The standard InChI is InChI=1S/C22H27NO/c1-24-21-7-6-16-4-2-3-5-19(16)20(21)13-23-22-17-9-14-8-15(11-17)12-18(22)10-14/h2-7,14-15,17-18,22-23H,8-13H2,1H3. The molecular formula is C22H27NO. The van der Waals surface area contributed by atoms with Crippen LogP contribution < -0.4 is 10.1 Å². The molecule has 4 aliphatic rings. The van der Waals surface area contributed by atoms with Crippen molar-refractivity contribution in [1.82, 2.24) is 5.32 Å². The number of rotatable bonds is 4. The van der Waals surface area contributed by atoms with Crippen LogP contribution in [-0.4, -0.2) is 13.2 Å². The van der Waals surface area contributed by atoms with Gasteiger partial charge in [0.1, 0.15) is 5.75 Å². The SMILES string of the molecule is COc1ccc2ccccc2c1CNC1C2CC3CC(C2)CC1C3. The van der Waals surface area contributed by atoms with Gasteiger partial charge in [-0.15, -0.1) is 0 Å². The maximum Gasteiger partial charge on any atom is 0.123 e. The van der Waals surface area contributed by atoms with E-state index in [0.29, 0.717) is 0 Å². The van der Waals surface area contributed by atoms with Gasteiger partial charge in [0.25, 0.3) is 0 Å². The fourth-order valence-corrected chi connectivity index (χ4v) is 6.17. The number of ether oxygens (including phenoxy) is 1. The van der Waals surface area contributed by atoms with Gasteiger partial charge in [0.2, 0.25) is 0 Å². The zero-order valence-corrected chi connectivity index (χ0v) is 14.5. The Morgan fingerprint density at radius 2 is 1.62 bits per heavy atom. The number of methoxy groups -OCH3 is 1. The Hall–Kier alpha value is -1.54. The Morgan fingerprint density at radius 3 is 2.33 bits per heavy atom. The van der Waals surface area contributed by atoms with Gasteiger partial charge >= 0.3 is 0 Å². The minimum Gasteiger partial charge on any atom is -0.496 e. The molecule has 0 amide bonds. The Morgan fingerprint density at radius 1 is 0.917 bits per heavy atom. The van der Waals surface area contributed by atoms with E-state index in [9.17, 15) is 0 Å². The van der Waals surface area contributed by atoms with Crippen molar-refractivity contribution < 1.29 is 4.74 Å². The molecule has 0 atom stereocenters. The predicted octanol–water partition coefficient (Wildman–Crippen LogP) is 4.76. The van der Waals surface area contributed by atoms with Crippen molar-refractivity contribution in [1.29, 1.82) is 0 Å². The zero-order valence-electron chi connectivity index (χ0n) is 14.5.